The molecule has 7 nitrogen and oxygen atoms in total. The van der Waals surface area contributed by atoms with Crippen LogP contribution >= 0.6 is 0 Å². The lowest BCUT2D eigenvalue weighted by Gasteiger charge is -2.12. The lowest BCUT2D eigenvalue weighted by atomic mass is 10.1. The minimum absolute atomic E-state index is 0.460. The Labute approximate surface area is 171 Å². The first-order valence-electron chi connectivity index (χ1n) is 10.1. The number of aryl methyl sites for hydroxylation is 2. The standard InChI is InChI=1S/C22H29N5O2/c1-6-9-28-20-14(4)10-16(11-15(20)5)21-26-22(29-27-21)17-12-18(23-7-2)25-19(13-17)24-8-3/h10-13H,6-9H2,1-5H3,(H2,23,24,25). The third-order valence-corrected chi connectivity index (χ3v) is 4.38. The Morgan fingerprint density at radius 2 is 1.48 bits per heavy atom. The normalized spacial score (nSPS) is 10.8. The van der Waals surface area contributed by atoms with Gasteiger partial charge in [-0.2, -0.15) is 4.98 Å². The van der Waals surface area contributed by atoms with E-state index in [1.807, 2.05) is 52.0 Å². The number of anilines is 2. The smallest absolute Gasteiger partial charge is 0.258 e. The fraction of sp³-hybridized carbons (Fsp3) is 0.409. The Bertz CT molecular complexity index is 920. The van der Waals surface area contributed by atoms with Crippen molar-refractivity contribution in [2.24, 2.45) is 0 Å². The second kappa shape index (κ2) is 9.41. The van der Waals surface area contributed by atoms with E-state index in [0.29, 0.717) is 18.3 Å². The molecule has 0 aliphatic heterocycles. The molecule has 7 heteroatoms. The minimum atomic E-state index is 0.460. The maximum absolute atomic E-state index is 5.87. The third kappa shape index (κ3) is 4.85. The first kappa shape index (κ1) is 20.6. The van der Waals surface area contributed by atoms with Crippen molar-refractivity contribution in [1.29, 1.82) is 0 Å². The van der Waals surface area contributed by atoms with E-state index in [-0.39, 0.29) is 0 Å². The van der Waals surface area contributed by atoms with Gasteiger partial charge in [0.2, 0.25) is 5.82 Å². The summed E-state index contributed by atoms with van der Waals surface area (Å²) in [6, 6.07) is 7.90. The molecule has 0 saturated heterocycles. The van der Waals surface area contributed by atoms with Crippen LogP contribution < -0.4 is 15.4 Å². The molecular weight excluding hydrogens is 366 g/mol. The average Bonchev–Trinajstić information content (AvgIpc) is 3.18. The van der Waals surface area contributed by atoms with Gasteiger partial charge in [0.05, 0.1) is 6.61 Å². The average molecular weight is 396 g/mol. The Hall–Kier alpha value is -3.09. The quantitative estimate of drug-likeness (QED) is 0.523. The number of nitrogens with zero attached hydrogens (tertiary/aromatic N) is 3. The second-order valence-electron chi connectivity index (χ2n) is 6.90. The van der Waals surface area contributed by atoms with Crippen LogP contribution in [-0.2, 0) is 0 Å². The minimum Gasteiger partial charge on any atom is -0.493 e. The molecule has 2 N–H and O–H groups in total. The molecule has 0 unspecified atom stereocenters. The number of nitrogens with one attached hydrogen (secondary N) is 2. The van der Waals surface area contributed by atoms with E-state index in [4.69, 9.17) is 9.26 Å². The second-order valence-corrected chi connectivity index (χ2v) is 6.90. The van der Waals surface area contributed by atoms with E-state index in [1.165, 1.54) is 0 Å². The van der Waals surface area contributed by atoms with Gasteiger partial charge in [0.1, 0.15) is 17.4 Å². The highest BCUT2D eigenvalue weighted by Crippen LogP contribution is 2.31. The van der Waals surface area contributed by atoms with Gasteiger partial charge in [-0.25, -0.2) is 4.98 Å². The lowest BCUT2D eigenvalue weighted by molar-refractivity contribution is 0.313. The van der Waals surface area contributed by atoms with E-state index < -0.39 is 0 Å². The Kier molecular flexibility index (Phi) is 6.69. The van der Waals surface area contributed by atoms with Crippen molar-refractivity contribution in [3.63, 3.8) is 0 Å². The number of aromatic nitrogens is 3. The van der Waals surface area contributed by atoms with Gasteiger partial charge in [0, 0.05) is 24.2 Å². The topological polar surface area (TPSA) is 85.1 Å². The highest BCUT2D eigenvalue weighted by molar-refractivity contribution is 5.67. The fourth-order valence-corrected chi connectivity index (χ4v) is 3.17. The molecule has 0 bridgehead atoms. The molecule has 0 spiro atoms. The van der Waals surface area contributed by atoms with E-state index in [1.54, 1.807) is 0 Å². The van der Waals surface area contributed by atoms with Crippen molar-refractivity contribution in [3.05, 3.63) is 35.4 Å². The van der Waals surface area contributed by atoms with Crippen LogP contribution in [0, 0.1) is 13.8 Å². The predicted molar refractivity (Wildman–Crippen MR) is 117 cm³/mol. The van der Waals surface area contributed by atoms with Crippen molar-refractivity contribution in [1.82, 2.24) is 15.1 Å². The van der Waals surface area contributed by atoms with Crippen LogP contribution in [0.5, 0.6) is 5.75 Å². The zero-order valence-electron chi connectivity index (χ0n) is 17.8. The molecule has 3 rings (SSSR count). The lowest BCUT2D eigenvalue weighted by Crippen LogP contribution is -2.04. The van der Waals surface area contributed by atoms with Gasteiger partial charge in [-0.3, -0.25) is 0 Å². The third-order valence-electron chi connectivity index (χ3n) is 4.38. The monoisotopic (exact) mass is 395 g/mol. The van der Waals surface area contributed by atoms with Crippen molar-refractivity contribution in [3.8, 4) is 28.6 Å². The summed E-state index contributed by atoms with van der Waals surface area (Å²) in [5.41, 5.74) is 3.86. The van der Waals surface area contributed by atoms with Crippen LogP contribution in [0.4, 0.5) is 11.6 Å². The maximum atomic E-state index is 5.87. The molecule has 0 amide bonds. The zero-order valence-corrected chi connectivity index (χ0v) is 17.8. The van der Waals surface area contributed by atoms with E-state index >= 15 is 0 Å². The molecule has 2 aromatic heterocycles. The van der Waals surface area contributed by atoms with Crippen LogP contribution in [0.2, 0.25) is 0 Å². The number of benzene rings is 1. The summed E-state index contributed by atoms with van der Waals surface area (Å²) in [6.07, 6.45) is 0.977. The highest BCUT2D eigenvalue weighted by atomic mass is 16.5. The molecule has 0 atom stereocenters. The first-order chi connectivity index (χ1) is 14.0. The summed E-state index contributed by atoms with van der Waals surface area (Å²) in [6.45, 7) is 12.5. The summed E-state index contributed by atoms with van der Waals surface area (Å²) in [5, 5.41) is 10.7. The van der Waals surface area contributed by atoms with E-state index in [2.05, 4.69) is 32.7 Å². The molecular formula is C22H29N5O2. The maximum Gasteiger partial charge on any atom is 0.258 e. The molecule has 0 saturated carbocycles. The fourth-order valence-electron chi connectivity index (χ4n) is 3.17. The summed E-state index contributed by atoms with van der Waals surface area (Å²) >= 11 is 0. The zero-order chi connectivity index (χ0) is 20.8. The van der Waals surface area contributed by atoms with Gasteiger partial charge in [-0.05, 0) is 69.5 Å². The van der Waals surface area contributed by atoms with Crippen molar-refractivity contribution in [2.75, 3.05) is 30.3 Å². The predicted octanol–water partition coefficient (Wildman–Crippen LogP) is 5.07. The molecule has 0 aliphatic rings. The molecule has 0 radical (unpaired) electrons. The summed E-state index contributed by atoms with van der Waals surface area (Å²) < 4.78 is 11.4. The highest BCUT2D eigenvalue weighted by Gasteiger charge is 2.15. The molecule has 0 aliphatic carbocycles. The van der Waals surface area contributed by atoms with Crippen LogP contribution in [0.15, 0.2) is 28.8 Å². The van der Waals surface area contributed by atoms with E-state index in [9.17, 15) is 0 Å². The first-order valence-corrected chi connectivity index (χ1v) is 10.1. The number of ether oxygens (including phenoxy) is 1. The Morgan fingerprint density at radius 1 is 0.862 bits per heavy atom. The van der Waals surface area contributed by atoms with Crippen LogP contribution in [-0.4, -0.2) is 34.8 Å². The molecule has 29 heavy (non-hydrogen) atoms. The van der Waals surface area contributed by atoms with Gasteiger partial charge in [0.15, 0.2) is 0 Å². The summed E-state index contributed by atoms with van der Waals surface area (Å²) in [4.78, 5) is 9.16. The van der Waals surface area contributed by atoms with Crippen LogP contribution in [0.25, 0.3) is 22.8 Å². The molecule has 3 aromatic rings. The van der Waals surface area contributed by atoms with Crippen LogP contribution in [0.1, 0.15) is 38.3 Å². The molecule has 0 fully saturated rings. The van der Waals surface area contributed by atoms with Crippen molar-refractivity contribution < 1.29 is 9.26 Å². The number of hydrogen-bond acceptors (Lipinski definition) is 7. The van der Waals surface area contributed by atoms with Gasteiger partial charge in [-0.15, -0.1) is 0 Å². The van der Waals surface area contributed by atoms with Gasteiger partial charge in [-0.1, -0.05) is 12.1 Å². The number of pyridine rings is 1. The largest absolute Gasteiger partial charge is 0.493 e. The van der Waals surface area contributed by atoms with Gasteiger partial charge < -0.3 is 19.9 Å². The molecule has 154 valence electrons. The SMILES string of the molecule is CCCOc1c(C)cc(-c2noc(-c3cc(NCC)nc(NCC)c3)n2)cc1C. The van der Waals surface area contributed by atoms with Crippen molar-refractivity contribution >= 4 is 11.6 Å². The summed E-state index contributed by atoms with van der Waals surface area (Å²) in [5.74, 6) is 3.48. The Morgan fingerprint density at radius 3 is 2.03 bits per heavy atom. The number of rotatable bonds is 9. The van der Waals surface area contributed by atoms with Gasteiger partial charge >= 0.3 is 0 Å². The molecule has 2 heterocycles. The molecule has 1 aromatic carbocycles. The van der Waals surface area contributed by atoms with Gasteiger partial charge in [0.25, 0.3) is 5.89 Å². The van der Waals surface area contributed by atoms with Crippen molar-refractivity contribution in [2.45, 2.75) is 41.0 Å². The number of hydrogen-bond donors (Lipinski definition) is 2. The van der Waals surface area contributed by atoms with E-state index in [0.717, 1.165) is 59.1 Å². The Balaban J connectivity index is 1.93. The summed E-state index contributed by atoms with van der Waals surface area (Å²) in [7, 11) is 0. The van der Waals surface area contributed by atoms with Crippen LogP contribution in [0.3, 0.4) is 0 Å².